The van der Waals surface area contributed by atoms with E-state index in [0.717, 1.165) is 28.3 Å². The zero-order valence-corrected chi connectivity index (χ0v) is 11.4. The molecule has 0 bridgehead atoms. The first-order chi connectivity index (χ1) is 9.28. The van der Waals surface area contributed by atoms with Crippen molar-refractivity contribution in [2.24, 2.45) is 5.84 Å². The zero-order valence-electron chi connectivity index (χ0n) is 10.6. The van der Waals surface area contributed by atoms with Crippen LogP contribution in [-0.4, -0.2) is 4.98 Å². The van der Waals surface area contributed by atoms with Gasteiger partial charge in [0.05, 0.1) is 27.5 Å². The highest BCUT2D eigenvalue weighted by atomic mass is 32.1. The lowest BCUT2D eigenvalue weighted by molar-refractivity contribution is 0.413. The molecule has 3 N–H and O–H groups in total. The second kappa shape index (κ2) is 5.13. The number of benzene rings is 1. The van der Waals surface area contributed by atoms with Crippen molar-refractivity contribution in [3.8, 4) is 0 Å². The number of hydrogen-bond donors (Lipinski definition) is 2. The van der Waals surface area contributed by atoms with Crippen LogP contribution in [0, 0.1) is 6.92 Å². The predicted molar refractivity (Wildman–Crippen MR) is 76.8 cm³/mol. The molecular formula is C14H15N3OS. The average Bonchev–Trinajstić information content (AvgIpc) is 3.01. The van der Waals surface area contributed by atoms with E-state index in [-0.39, 0.29) is 6.04 Å². The molecule has 0 spiro atoms. The lowest BCUT2D eigenvalue weighted by Gasteiger charge is -2.12. The highest BCUT2D eigenvalue weighted by Gasteiger charge is 2.18. The minimum atomic E-state index is -0.0458. The Bertz CT molecular complexity index is 656. The number of aromatic nitrogens is 1. The zero-order chi connectivity index (χ0) is 13.2. The molecule has 1 unspecified atom stereocenters. The first kappa shape index (κ1) is 12.3. The summed E-state index contributed by atoms with van der Waals surface area (Å²) in [6.45, 7) is 2.02. The van der Waals surface area contributed by atoms with Gasteiger partial charge in [-0.25, -0.2) is 10.4 Å². The third-order valence-corrected chi connectivity index (χ3v) is 4.20. The van der Waals surface area contributed by atoms with Gasteiger partial charge in [-0.3, -0.25) is 5.84 Å². The van der Waals surface area contributed by atoms with Crippen LogP contribution in [0.5, 0.6) is 0 Å². The number of hydrazine groups is 1. The highest BCUT2D eigenvalue weighted by Crippen LogP contribution is 2.27. The molecule has 0 fully saturated rings. The van der Waals surface area contributed by atoms with E-state index in [0.29, 0.717) is 0 Å². The molecule has 2 heterocycles. The summed E-state index contributed by atoms with van der Waals surface area (Å²) in [4.78, 5) is 4.62. The third kappa shape index (κ3) is 2.40. The number of nitrogens with zero attached hydrogens (tertiary/aromatic N) is 1. The average molecular weight is 273 g/mol. The smallest absolute Gasteiger partial charge is 0.125 e. The van der Waals surface area contributed by atoms with Gasteiger partial charge >= 0.3 is 0 Å². The quantitative estimate of drug-likeness (QED) is 0.566. The van der Waals surface area contributed by atoms with Crippen LogP contribution in [0.1, 0.15) is 22.4 Å². The number of aryl methyl sites for hydroxylation is 1. The molecule has 0 radical (unpaired) electrons. The SMILES string of the molecule is Cc1ccoc1C(Cc1nc2ccccc2s1)NN. The molecule has 0 amide bonds. The molecule has 2 aromatic heterocycles. The fraction of sp³-hybridized carbons (Fsp3) is 0.214. The van der Waals surface area contributed by atoms with Crippen molar-refractivity contribution in [1.29, 1.82) is 0 Å². The minimum Gasteiger partial charge on any atom is -0.467 e. The van der Waals surface area contributed by atoms with Gasteiger partial charge in [-0.05, 0) is 30.7 Å². The van der Waals surface area contributed by atoms with Crippen LogP contribution in [0.4, 0.5) is 0 Å². The molecule has 98 valence electrons. The Morgan fingerprint density at radius 2 is 2.21 bits per heavy atom. The van der Waals surface area contributed by atoms with E-state index in [4.69, 9.17) is 10.3 Å². The van der Waals surface area contributed by atoms with E-state index < -0.39 is 0 Å². The topological polar surface area (TPSA) is 64.1 Å². The van der Waals surface area contributed by atoms with Crippen LogP contribution in [0.3, 0.4) is 0 Å². The molecule has 0 saturated carbocycles. The molecule has 0 saturated heterocycles. The number of furan rings is 1. The van der Waals surface area contributed by atoms with Gasteiger partial charge in [-0.2, -0.15) is 0 Å². The van der Waals surface area contributed by atoms with Crippen LogP contribution >= 0.6 is 11.3 Å². The fourth-order valence-electron chi connectivity index (χ4n) is 2.15. The Kier molecular flexibility index (Phi) is 3.33. The number of thiazole rings is 1. The summed E-state index contributed by atoms with van der Waals surface area (Å²) in [6.07, 6.45) is 2.41. The van der Waals surface area contributed by atoms with Gasteiger partial charge in [0.2, 0.25) is 0 Å². The molecular weight excluding hydrogens is 258 g/mol. The Labute approximate surface area is 115 Å². The predicted octanol–water partition coefficient (Wildman–Crippen LogP) is 2.94. The van der Waals surface area contributed by atoms with E-state index in [9.17, 15) is 0 Å². The van der Waals surface area contributed by atoms with Gasteiger partial charge < -0.3 is 4.42 Å². The Balaban J connectivity index is 1.88. The van der Waals surface area contributed by atoms with Crippen LogP contribution < -0.4 is 11.3 Å². The van der Waals surface area contributed by atoms with E-state index >= 15 is 0 Å². The third-order valence-electron chi connectivity index (χ3n) is 3.14. The molecule has 3 aromatic rings. The van der Waals surface area contributed by atoms with Gasteiger partial charge in [0, 0.05) is 6.42 Å². The molecule has 0 aliphatic rings. The lowest BCUT2D eigenvalue weighted by atomic mass is 10.1. The first-order valence-corrected chi connectivity index (χ1v) is 6.94. The maximum Gasteiger partial charge on any atom is 0.125 e. The van der Waals surface area contributed by atoms with Crippen molar-refractivity contribution in [2.45, 2.75) is 19.4 Å². The number of nitrogens with one attached hydrogen (secondary N) is 1. The summed E-state index contributed by atoms with van der Waals surface area (Å²) in [5, 5.41) is 1.06. The summed E-state index contributed by atoms with van der Waals surface area (Å²) >= 11 is 1.70. The van der Waals surface area contributed by atoms with Crippen LogP contribution in [0.2, 0.25) is 0 Å². The van der Waals surface area contributed by atoms with Gasteiger partial charge in [0.25, 0.3) is 0 Å². The second-order valence-electron chi connectivity index (χ2n) is 4.47. The summed E-state index contributed by atoms with van der Waals surface area (Å²) < 4.78 is 6.70. The largest absolute Gasteiger partial charge is 0.467 e. The Morgan fingerprint density at radius 3 is 2.89 bits per heavy atom. The molecule has 5 heteroatoms. The monoisotopic (exact) mass is 273 g/mol. The van der Waals surface area contributed by atoms with Crippen LogP contribution in [0.15, 0.2) is 41.0 Å². The van der Waals surface area contributed by atoms with Crippen molar-refractivity contribution < 1.29 is 4.42 Å². The van der Waals surface area contributed by atoms with E-state index in [1.54, 1.807) is 17.6 Å². The Hall–Kier alpha value is -1.69. The molecule has 1 atom stereocenters. The normalized spacial score (nSPS) is 12.9. The van der Waals surface area contributed by atoms with Crippen LogP contribution in [0.25, 0.3) is 10.2 Å². The van der Waals surface area contributed by atoms with Gasteiger partial charge in [-0.15, -0.1) is 11.3 Å². The van der Waals surface area contributed by atoms with Crippen molar-refractivity contribution in [3.05, 3.63) is 52.9 Å². The summed E-state index contributed by atoms with van der Waals surface area (Å²) in [6, 6.07) is 10.0. The maximum absolute atomic E-state index is 5.64. The van der Waals surface area contributed by atoms with Crippen molar-refractivity contribution >= 4 is 21.6 Å². The first-order valence-electron chi connectivity index (χ1n) is 6.12. The molecule has 3 rings (SSSR count). The lowest BCUT2D eigenvalue weighted by Crippen LogP contribution is -2.29. The molecule has 0 aliphatic carbocycles. The molecule has 0 aliphatic heterocycles. The van der Waals surface area contributed by atoms with Gasteiger partial charge in [0.15, 0.2) is 0 Å². The van der Waals surface area contributed by atoms with Crippen LogP contribution in [-0.2, 0) is 6.42 Å². The summed E-state index contributed by atoms with van der Waals surface area (Å²) in [5.41, 5.74) is 4.95. The van der Waals surface area contributed by atoms with E-state index in [1.165, 1.54) is 4.70 Å². The van der Waals surface area contributed by atoms with E-state index in [1.807, 2.05) is 31.2 Å². The fourth-order valence-corrected chi connectivity index (χ4v) is 3.16. The van der Waals surface area contributed by atoms with Crippen molar-refractivity contribution in [2.75, 3.05) is 0 Å². The number of hydrogen-bond acceptors (Lipinski definition) is 5. The highest BCUT2D eigenvalue weighted by molar-refractivity contribution is 7.18. The molecule has 19 heavy (non-hydrogen) atoms. The van der Waals surface area contributed by atoms with Crippen molar-refractivity contribution in [3.63, 3.8) is 0 Å². The van der Waals surface area contributed by atoms with Crippen molar-refractivity contribution in [1.82, 2.24) is 10.4 Å². The number of rotatable bonds is 4. The number of para-hydroxylation sites is 1. The summed E-state index contributed by atoms with van der Waals surface area (Å²) in [5.74, 6) is 6.52. The summed E-state index contributed by atoms with van der Waals surface area (Å²) in [7, 11) is 0. The number of fused-ring (bicyclic) bond motifs is 1. The maximum atomic E-state index is 5.64. The Morgan fingerprint density at radius 1 is 1.37 bits per heavy atom. The van der Waals surface area contributed by atoms with Gasteiger partial charge in [0.1, 0.15) is 5.76 Å². The second-order valence-corrected chi connectivity index (χ2v) is 5.58. The van der Waals surface area contributed by atoms with E-state index in [2.05, 4.69) is 16.5 Å². The minimum absolute atomic E-state index is 0.0458. The number of nitrogens with two attached hydrogens (primary N) is 1. The molecule has 4 nitrogen and oxygen atoms in total. The van der Waals surface area contributed by atoms with Gasteiger partial charge in [-0.1, -0.05) is 12.1 Å². The standard InChI is InChI=1S/C14H15N3OS/c1-9-6-7-18-14(9)11(17-15)8-13-16-10-4-2-3-5-12(10)19-13/h2-7,11,17H,8,15H2,1H3. The molecule has 1 aromatic carbocycles.